The average molecular weight is 301 g/mol. The fourth-order valence-electron chi connectivity index (χ4n) is 2.25. The van der Waals surface area contributed by atoms with Gasteiger partial charge in [-0.05, 0) is 25.0 Å². The van der Waals surface area contributed by atoms with E-state index < -0.39 is 0 Å². The minimum atomic E-state index is -0.00796. The Morgan fingerprint density at radius 2 is 1.90 bits per heavy atom. The van der Waals surface area contributed by atoms with Gasteiger partial charge in [-0.2, -0.15) is 0 Å². The SMILES string of the molecule is COc1ccc(C(=O)N2CCC(N)CC2)c(OC)c1.Cl. The van der Waals surface area contributed by atoms with Crippen LogP contribution in [0.15, 0.2) is 18.2 Å². The van der Waals surface area contributed by atoms with Gasteiger partial charge in [-0.1, -0.05) is 0 Å². The first kappa shape index (κ1) is 16.6. The molecule has 1 heterocycles. The topological polar surface area (TPSA) is 64.8 Å². The summed E-state index contributed by atoms with van der Waals surface area (Å²) < 4.78 is 10.4. The van der Waals surface area contributed by atoms with Crippen LogP contribution in [0.3, 0.4) is 0 Å². The van der Waals surface area contributed by atoms with Gasteiger partial charge >= 0.3 is 0 Å². The summed E-state index contributed by atoms with van der Waals surface area (Å²) in [5, 5.41) is 0. The van der Waals surface area contributed by atoms with Gasteiger partial charge in [0.15, 0.2) is 0 Å². The van der Waals surface area contributed by atoms with Crippen LogP contribution in [-0.2, 0) is 0 Å². The first-order chi connectivity index (χ1) is 9.15. The van der Waals surface area contributed by atoms with E-state index >= 15 is 0 Å². The predicted octanol–water partition coefficient (Wildman–Crippen LogP) is 1.69. The maximum atomic E-state index is 12.5. The molecule has 2 rings (SSSR count). The number of hydrogen-bond donors (Lipinski definition) is 1. The fraction of sp³-hybridized carbons (Fsp3) is 0.500. The monoisotopic (exact) mass is 300 g/mol. The van der Waals surface area contributed by atoms with Gasteiger partial charge < -0.3 is 20.1 Å². The highest BCUT2D eigenvalue weighted by Crippen LogP contribution is 2.26. The van der Waals surface area contributed by atoms with E-state index in [1.165, 1.54) is 0 Å². The van der Waals surface area contributed by atoms with E-state index in [4.69, 9.17) is 15.2 Å². The fourth-order valence-corrected chi connectivity index (χ4v) is 2.25. The van der Waals surface area contributed by atoms with Crippen LogP contribution in [0.2, 0.25) is 0 Å². The third kappa shape index (κ3) is 3.55. The van der Waals surface area contributed by atoms with Crippen LogP contribution < -0.4 is 15.2 Å². The molecular weight excluding hydrogens is 280 g/mol. The molecule has 20 heavy (non-hydrogen) atoms. The molecule has 6 heteroatoms. The molecule has 0 bridgehead atoms. The van der Waals surface area contributed by atoms with Crippen LogP contribution >= 0.6 is 12.4 Å². The molecule has 2 N–H and O–H groups in total. The molecule has 1 saturated heterocycles. The van der Waals surface area contributed by atoms with Gasteiger partial charge in [0.25, 0.3) is 5.91 Å². The quantitative estimate of drug-likeness (QED) is 0.922. The third-order valence-corrected chi connectivity index (χ3v) is 3.47. The van der Waals surface area contributed by atoms with Crippen LogP contribution in [0.5, 0.6) is 11.5 Å². The van der Waals surface area contributed by atoms with Gasteiger partial charge in [0.2, 0.25) is 0 Å². The summed E-state index contributed by atoms with van der Waals surface area (Å²) in [6.45, 7) is 1.41. The standard InChI is InChI=1S/C14H20N2O3.ClH/c1-18-11-3-4-12(13(9-11)19-2)14(17)16-7-5-10(15)6-8-16;/h3-4,9-10H,5-8,15H2,1-2H3;1H. The average Bonchev–Trinajstić information content (AvgIpc) is 2.46. The molecule has 1 aliphatic rings. The van der Waals surface area contributed by atoms with Crippen LogP contribution in [0, 0.1) is 0 Å². The Morgan fingerprint density at radius 1 is 1.25 bits per heavy atom. The van der Waals surface area contributed by atoms with Crippen LogP contribution in [0.25, 0.3) is 0 Å². The molecule has 0 unspecified atom stereocenters. The lowest BCUT2D eigenvalue weighted by Gasteiger charge is -2.30. The largest absolute Gasteiger partial charge is 0.497 e. The minimum Gasteiger partial charge on any atom is -0.497 e. The highest BCUT2D eigenvalue weighted by Gasteiger charge is 2.24. The third-order valence-electron chi connectivity index (χ3n) is 3.47. The molecule has 0 aromatic heterocycles. The predicted molar refractivity (Wildman–Crippen MR) is 79.9 cm³/mol. The number of carbonyl (C=O) groups excluding carboxylic acids is 1. The van der Waals surface area contributed by atoms with Crippen molar-refractivity contribution in [3.05, 3.63) is 23.8 Å². The van der Waals surface area contributed by atoms with Crippen molar-refractivity contribution in [2.75, 3.05) is 27.3 Å². The molecule has 5 nitrogen and oxygen atoms in total. The molecular formula is C14H21ClN2O3. The lowest BCUT2D eigenvalue weighted by molar-refractivity contribution is 0.0711. The summed E-state index contributed by atoms with van der Waals surface area (Å²) >= 11 is 0. The normalized spacial score (nSPS) is 15.4. The van der Waals surface area contributed by atoms with Crippen molar-refractivity contribution >= 4 is 18.3 Å². The maximum absolute atomic E-state index is 12.5. The second kappa shape index (κ2) is 7.36. The Kier molecular flexibility index (Phi) is 6.10. The molecule has 1 fully saturated rings. The van der Waals surface area contributed by atoms with E-state index in [1.54, 1.807) is 32.4 Å². The molecule has 0 radical (unpaired) electrons. The van der Waals surface area contributed by atoms with Crippen molar-refractivity contribution in [2.45, 2.75) is 18.9 Å². The Balaban J connectivity index is 0.00000200. The minimum absolute atomic E-state index is 0. The van der Waals surface area contributed by atoms with E-state index in [2.05, 4.69) is 0 Å². The molecule has 0 saturated carbocycles. The number of hydrogen-bond acceptors (Lipinski definition) is 4. The summed E-state index contributed by atoms with van der Waals surface area (Å²) in [6.07, 6.45) is 1.70. The van der Waals surface area contributed by atoms with E-state index in [0.717, 1.165) is 12.8 Å². The Bertz CT molecular complexity index is 460. The number of nitrogens with zero attached hydrogens (tertiary/aromatic N) is 1. The van der Waals surface area contributed by atoms with Gasteiger partial charge in [0, 0.05) is 25.2 Å². The Hall–Kier alpha value is -1.46. The maximum Gasteiger partial charge on any atom is 0.257 e. The molecule has 0 aliphatic carbocycles. The van der Waals surface area contributed by atoms with Crippen molar-refractivity contribution in [3.63, 3.8) is 0 Å². The van der Waals surface area contributed by atoms with Crippen molar-refractivity contribution < 1.29 is 14.3 Å². The molecule has 1 amide bonds. The van der Waals surface area contributed by atoms with E-state index in [1.807, 2.05) is 4.90 Å². The molecule has 1 aliphatic heterocycles. The van der Waals surface area contributed by atoms with Gasteiger partial charge in [-0.25, -0.2) is 0 Å². The summed E-state index contributed by atoms with van der Waals surface area (Å²) in [7, 11) is 3.14. The van der Waals surface area contributed by atoms with Crippen LogP contribution in [-0.4, -0.2) is 44.2 Å². The number of halogens is 1. The van der Waals surface area contributed by atoms with Gasteiger partial charge in [0.1, 0.15) is 11.5 Å². The van der Waals surface area contributed by atoms with Gasteiger partial charge in [-0.3, -0.25) is 4.79 Å². The number of carbonyl (C=O) groups is 1. The van der Waals surface area contributed by atoms with E-state index in [0.29, 0.717) is 30.2 Å². The lowest BCUT2D eigenvalue weighted by Crippen LogP contribution is -2.42. The highest BCUT2D eigenvalue weighted by atomic mass is 35.5. The number of piperidine rings is 1. The number of nitrogens with two attached hydrogens (primary N) is 1. The number of methoxy groups -OCH3 is 2. The number of ether oxygens (including phenoxy) is 2. The molecule has 0 atom stereocenters. The molecule has 1 aromatic carbocycles. The van der Waals surface area contributed by atoms with Crippen LogP contribution in [0.4, 0.5) is 0 Å². The summed E-state index contributed by atoms with van der Waals surface area (Å²) in [6, 6.07) is 5.45. The first-order valence-corrected chi connectivity index (χ1v) is 6.42. The Morgan fingerprint density at radius 3 is 2.45 bits per heavy atom. The van der Waals surface area contributed by atoms with E-state index in [-0.39, 0.29) is 24.4 Å². The smallest absolute Gasteiger partial charge is 0.257 e. The Labute approximate surface area is 125 Å². The second-order valence-electron chi connectivity index (χ2n) is 4.70. The zero-order chi connectivity index (χ0) is 13.8. The van der Waals surface area contributed by atoms with Crippen molar-refractivity contribution in [2.24, 2.45) is 5.73 Å². The zero-order valence-corrected chi connectivity index (χ0v) is 12.6. The van der Waals surface area contributed by atoms with Crippen molar-refractivity contribution in [3.8, 4) is 11.5 Å². The number of amides is 1. The number of benzene rings is 1. The number of likely N-dealkylation sites (tertiary alicyclic amines) is 1. The van der Waals surface area contributed by atoms with Crippen LogP contribution in [0.1, 0.15) is 23.2 Å². The second-order valence-corrected chi connectivity index (χ2v) is 4.70. The zero-order valence-electron chi connectivity index (χ0n) is 11.8. The number of rotatable bonds is 3. The molecule has 1 aromatic rings. The summed E-state index contributed by atoms with van der Waals surface area (Å²) in [5.74, 6) is 1.21. The summed E-state index contributed by atoms with van der Waals surface area (Å²) in [5.41, 5.74) is 6.42. The molecule has 112 valence electrons. The molecule has 0 spiro atoms. The first-order valence-electron chi connectivity index (χ1n) is 6.42. The summed E-state index contributed by atoms with van der Waals surface area (Å²) in [4.78, 5) is 14.3. The van der Waals surface area contributed by atoms with E-state index in [9.17, 15) is 4.79 Å². The van der Waals surface area contributed by atoms with Crippen molar-refractivity contribution in [1.82, 2.24) is 4.90 Å². The lowest BCUT2D eigenvalue weighted by atomic mass is 10.0. The highest BCUT2D eigenvalue weighted by molar-refractivity contribution is 5.97. The van der Waals surface area contributed by atoms with Crippen molar-refractivity contribution in [1.29, 1.82) is 0 Å². The van der Waals surface area contributed by atoms with Gasteiger partial charge in [0.05, 0.1) is 19.8 Å². The van der Waals surface area contributed by atoms with Gasteiger partial charge in [-0.15, -0.1) is 12.4 Å².